The van der Waals surface area contributed by atoms with E-state index in [2.05, 4.69) is 20.5 Å². The van der Waals surface area contributed by atoms with E-state index in [1.807, 2.05) is 35.0 Å². The molecule has 25 heavy (non-hydrogen) atoms. The fourth-order valence-electron chi connectivity index (χ4n) is 3.68. The molecule has 0 radical (unpaired) electrons. The summed E-state index contributed by atoms with van der Waals surface area (Å²) in [5.74, 6) is 0.240. The summed E-state index contributed by atoms with van der Waals surface area (Å²) in [6.45, 7) is 0.814. The van der Waals surface area contributed by atoms with Crippen molar-refractivity contribution in [1.29, 1.82) is 0 Å². The van der Waals surface area contributed by atoms with Gasteiger partial charge in [0.2, 0.25) is 5.91 Å². The van der Waals surface area contributed by atoms with Crippen LogP contribution in [0.2, 0.25) is 0 Å². The van der Waals surface area contributed by atoms with Crippen LogP contribution >= 0.6 is 0 Å². The molecule has 1 unspecified atom stereocenters. The Morgan fingerprint density at radius 2 is 2.24 bits per heavy atom. The highest BCUT2D eigenvalue weighted by atomic mass is 16.3. The average molecular weight is 339 g/mol. The number of aliphatic hydroxyl groups is 1. The van der Waals surface area contributed by atoms with E-state index in [9.17, 15) is 9.90 Å². The van der Waals surface area contributed by atoms with Crippen molar-refractivity contribution in [1.82, 2.24) is 25.1 Å². The number of aliphatic hydroxyl groups excluding tert-OH is 1. The number of rotatable bonds is 5. The van der Waals surface area contributed by atoms with Crippen LogP contribution in [0, 0.1) is 5.92 Å². The monoisotopic (exact) mass is 339 g/mol. The highest BCUT2D eigenvalue weighted by Crippen LogP contribution is 2.27. The minimum Gasteiger partial charge on any atom is -0.391 e. The number of amides is 1. The van der Waals surface area contributed by atoms with E-state index in [0.29, 0.717) is 12.3 Å². The number of benzene rings is 1. The minimum atomic E-state index is -0.504. The van der Waals surface area contributed by atoms with E-state index >= 15 is 0 Å². The van der Waals surface area contributed by atoms with Crippen molar-refractivity contribution in [3.8, 4) is 0 Å². The van der Waals surface area contributed by atoms with Gasteiger partial charge in [-0.15, -0.1) is 0 Å². The van der Waals surface area contributed by atoms with Crippen molar-refractivity contribution in [2.45, 2.75) is 38.0 Å². The van der Waals surface area contributed by atoms with Crippen LogP contribution in [0.4, 0.5) is 0 Å². The van der Waals surface area contributed by atoms with Crippen molar-refractivity contribution in [2.75, 3.05) is 0 Å². The molecule has 3 N–H and O–H groups in total. The van der Waals surface area contributed by atoms with Crippen LogP contribution in [0.25, 0.3) is 10.9 Å². The molecule has 7 nitrogen and oxygen atoms in total. The third-order valence-corrected chi connectivity index (χ3v) is 4.88. The molecule has 1 aliphatic carbocycles. The Bertz CT molecular complexity index is 857. The lowest BCUT2D eigenvalue weighted by atomic mass is 10.1. The highest BCUT2D eigenvalue weighted by Gasteiger charge is 2.34. The Balaban J connectivity index is 1.36. The summed E-state index contributed by atoms with van der Waals surface area (Å²) in [7, 11) is 0. The van der Waals surface area contributed by atoms with Crippen LogP contribution in [0.5, 0.6) is 0 Å². The fourth-order valence-corrected chi connectivity index (χ4v) is 3.68. The van der Waals surface area contributed by atoms with Gasteiger partial charge >= 0.3 is 0 Å². The summed E-state index contributed by atoms with van der Waals surface area (Å²) in [4.78, 5) is 16.4. The Hall–Kier alpha value is -2.67. The molecular formula is C18H21N5O2. The third-order valence-electron chi connectivity index (χ3n) is 4.88. The first kappa shape index (κ1) is 15.8. The van der Waals surface area contributed by atoms with Crippen molar-refractivity contribution in [3.63, 3.8) is 0 Å². The zero-order valence-corrected chi connectivity index (χ0v) is 13.8. The van der Waals surface area contributed by atoms with E-state index in [1.54, 1.807) is 12.5 Å². The van der Waals surface area contributed by atoms with Gasteiger partial charge in [-0.3, -0.25) is 9.89 Å². The van der Waals surface area contributed by atoms with E-state index in [1.165, 1.54) is 0 Å². The number of aromatic nitrogens is 4. The fraction of sp³-hybridized carbons (Fsp3) is 0.389. The van der Waals surface area contributed by atoms with Crippen LogP contribution < -0.4 is 5.32 Å². The van der Waals surface area contributed by atoms with Crippen LogP contribution in [0.15, 0.2) is 43.0 Å². The first-order valence-electron chi connectivity index (χ1n) is 8.54. The van der Waals surface area contributed by atoms with E-state index in [0.717, 1.165) is 29.6 Å². The molecule has 2 aromatic heterocycles. The largest absolute Gasteiger partial charge is 0.391 e. The SMILES string of the molecule is O=C(Cc1[nH]nc2ccccc12)N[C@@H]1CC(Cn2ccnc2)C[C@H]1O. The Morgan fingerprint density at radius 1 is 1.36 bits per heavy atom. The Labute approximate surface area is 145 Å². The quantitative estimate of drug-likeness (QED) is 0.652. The van der Waals surface area contributed by atoms with Gasteiger partial charge in [0.15, 0.2) is 0 Å². The van der Waals surface area contributed by atoms with Gasteiger partial charge in [-0.2, -0.15) is 5.10 Å². The summed E-state index contributed by atoms with van der Waals surface area (Å²) >= 11 is 0. The van der Waals surface area contributed by atoms with Crippen LogP contribution in [0.3, 0.4) is 0 Å². The molecule has 130 valence electrons. The molecular weight excluding hydrogens is 318 g/mol. The summed E-state index contributed by atoms with van der Waals surface area (Å²) in [6.07, 6.45) is 6.64. The molecule has 4 rings (SSSR count). The first-order chi connectivity index (χ1) is 12.2. The molecule has 0 bridgehead atoms. The molecule has 0 saturated heterocycles. The van der Waals surface area contributed by atoms with E-state index < -0.39 is 6.10 Å². The van der Waals surface area contributed by atoms with Crippen molar-refractivity contribution < 1.29 is 9.90 Å². The maximum atomic E-state index is 12.4. The molecule has 1 amide bonds. The topological polar surface area (TPSA) is 95.8 Å². The molecule has 2 heterocycles. The van der Waals surface area contributed by atoms with Crippen molar-refractivity contribution >= 4 is 16.8 Å². The van der Waals surface area contributed by atoms with E-state index in [4.69, 9.17) is 0 Å². The number of carbonyl (C=O) groups excluding carboxylic acids is 1. The summed E-state index contributed by atoms with van der Waals surface area (Å²) < 4.78 is 2.01. The molecule has 3 atom stereocenters. The van der Waals surface area contributed by atoms with Gasteiger partial charge in [-0.1, -0.05) is 18.2 Å². The summed E-state index contributed by atoms with van der Waals surface area (Å²) in [6, 6.07) is 7.51. The van der Waals surface area contributed by atoms with E-state index in [-0.39, 0.29) is 18.4 Å². The first-order valence-corrected chi connectivity index (χ1v) is 8.54. The van der Waals surface area contributed by atoms with Gasteiger partial charge in [-0.05, 0) is 24.8 Å². The predicted octanol–water partition coefficient (Wildman–Crippen LogP) is 1.26. The van der Waals surface area contributed by atoms with Crippen molar-refractivity contribution in [2.24, 2.45) is 5.92 Å². The molecule has 1 aliphatic rings. The van der Waals surface area contributed by atoms with Gasteiger partial charge in [0.25, 0.3) is 0 Å². The van der Waals surface area contributed by atoms with Crippen LogP contribution in [-0.2, 0) is 17.8 Å². The normalized spacial score (nSPS) is 23.2. The molecule has 0 aliphatic heterocycles. The summed E-state index contributed by atoms with van der Waals surface area (Å²) in [5.41, 5.74) is 1.65. The number of imidazole rings is 1. The smallest absolute Gasteiger partial charge is 0.226 e. The second kappa shape index (κ2) is 6.68. The second-order valence-electron chi connectivity index (χ2n) is 6.73. The number of fused-ring (bicyclic) bond motifs is 1. The number of aromatic amines is 1. The molecule has 1 saturated carbocycles. The van der Waals surface area contributed by atoms with Gasteiger partial charge in [0.05, 0.1) is 36.1 Å². The van der Waals surface area contributed by atoms with Crippen LogP contribution in [0.1, 0.15) is 18.5 Å². The molecule has 1 fully saturated rings. The number of H-pyrrole nitrogens is 1. The number of para-hydroxylation sites is 1. The Kier molecular flexibility index (Phi) is 4.23. The molecule has 7 heteroatoms. The standard InChI is InChI=1S/C18H21N5O2/c24-17-8-12(10-23-6-5-19-11-23)7-16(17)20-18(25)9-15-13-3-1-2-4-14(13)21-22-15/h1-6,11-12,16-17,24H,7-10H2,(H,20,25)(H,21,22)/t12?,16-,17-/m1/s1. The van der Waals surface area contributed by atoms with Crippen LogP contribution in [-0.4, -0.2) is 42.9 Å². The van der Waals surface area contributed by atoms with Gasteiger partial charge < -0.3 is 15.0 Å². The summed E-state index contributed by atoms with van der Waals surface area (Å²) in [5, 5.41) is 21.4. The number of hydrogen-bond acceptors (Lipinski definition) is 4. The lowest BCUT2D eigenvalue weighted by Crippen LogP contribution is -2.40. The zero-order valence-electron chi connectivity index (χ0n) is 13.8. The molecule has 3 aromatic rings. The van der Waals surface area contributed by atoms with Gasteiger partial charge in [0, 0.05) is 24.3 Å². The lowest BCUT2D eigenvalue weighted by Gasteiger charge is -2.16. The van der Waals surface area contributed by atoms with Gasteiger partial charge in [0.1, 0.15) is 0 Å². The highest BCUT2D eigenvalue weighted by molar-refractivity contribution is 5.87. The maximum Gasteiger partial charge on any atom is 0.226 e. The number of hydrogen-bond donors (Lipinski definition) is 3. The third kappa shape index (κ3) is 3.41. The maximum absolute atomic E-state index is 12.4. The van der Waals surface area contributed by atoms with Crippen molar-refractivity contribution in [3.05, 3.63) is 48.7 Å². The predicted molar refractivity (Wildman–Crippen MR) is 92.7 cm³/mol. The number of nitrogens with zero attached hydrogens (tertiary/aromatic N) is 3. The molecule has 0 spiro atoms. The average Bonchev–Trinajstić information content (AvgIpc) is 3.31. The van der Waals surface area contributed by atoms with Gasteiger partial charge in [-0.25, -0.2) is 4.98 Å². The molecule has 1 aromatic carbocycles. The number of nitrogens with one attached hydrogen (secondary N) is 2. The number of carbonyl (C=O) groups is 1. The lowest BCUT2D eigenvalue weighted by molar-refractivity contribution is -0.121. The zero-order chi connectivity index (χ0) is 17.2. The minimum absolute atomic E-state index is 0.0956. The Morgan fingerprint density at radius 3 is 3.08 bits per heavy atom. The second-order valence-corrected chi connectivity index (χ2v) is 6.73.